The Balaban J connectivity index is 1.30. The molecule has 1 saturated heterocycles. The van der Waals surface area contributed by atoms with Crippen LogP contribution in [0, 0.1) is 12.5 Å². The number of hydrogen-bond acceptors (Lipinski definition) is 3. The lowest BCUT2D eigenvalue weighted by Crippen LogP contribution is -2.40. The van der Waals surface area contributed by atoms with Crippen molar-refractivity contribution in [3.8, 4) is 0 Å². The molecule has 1 amide bonds. The van der Waals surface area contributed by atoms with Gasteiger partial charge in [0.05, 0.1) is 30.5 Å². The summed E-state index contributed by atoms with van der Waals surface area (Å²) in [5, 5.41) is 0. The van der Waals surface area contributed by atoms with Gasteiger partial charge in [-0.15, -0.1) is 0 Å². The van der Waals surface area contributed by atoms with E-state index in [9.17, 15) is 4.79 Å². The highest BCUT2D eigenvalue weighted by Gasteiger charge is 2.47. The Morgan fingerprint density at radius 1 is 1.29 bits per heavy atom. The molecule has 1 aliphatic heterocycles. The Morgan fingerprint density at radius 2 is 2.19 bits per heavy atom. The molecule has 0 bridgehead atoms. The van der Waals surface area contributed by atoms with Gasteiger partial charge in [0.1, 0.15) is 5.60 Å². The van der Waals surface area contributed by atoms with E-state index in [0.717, 1.165) is 53.3 Å². The lowest BCUT2D eigenvalue weighted by Gasteiger charge is -2.36. The Bertz CT molecular complexity index is 1180. The third-order valence-electron chi connectivity index (χ3n) is 6.40. The van der Waals surface area contributed by atoms with Gasteiger partial charge in [-0.1, -0.05) is 34.1 Å². The minimum Gasteiger partial charge on any atom is -0.441 e. The average Bonchev–Trinajstić information content (AvgIpc) is 3.28. The third-order valence-corrected chi connectivity index (χ3v) is 6.89. The van der Waals surface area contributed by atoms with Crippen molar-refractivity contribution in [2.24, 2.45) is 5.92 Å². The van der Waals surface area contributed by atoms with Crippen LogP contribution < -0.4 is 0 Å². The maximum Gasteiger partial charge on any atom is 0.410 e. The lowest BCUT2D eigenvalue weighted by atomic mass is 9.78. The minimum absolute atomic E-state index is 0.213. The molecule has 0 N–H and O–H groups in total. The van der Waals surface area contributed by atoms with Gasteiger partial charge in [0.2, 0.25) is 0 Å². The minimum atomic E-state index is -0.399. The van der Waals surface area contributed by atoms with Crippen LogP contribution in [0.2, 0.25) is 0 Å². The van der Waals surface area contributed by atoms with Crippen molar-refractivity contribution in [2.45, 2.75) is 44.4 Å². The molecule has 2 heterocycles. The zero-order valence-corrected chi connectivity index (χ0v) is 18.7. The topological polar surface area (TPSA) is 51.7 Å². The van der Waals surface area contributed by atoms with Crippen LogP contribution >= 0.6 is 15.9 Å². The van der Waals surface area contributed by atoms with Gasteiger partial charge in [0.25, 0.3) is 0 Å². The summed E-state index contributed by atoms with van der Waals surface area (Å²) in [4.78, 5) is 22.5. The number of imidazole rings is 1. The first kappa shape index (κ1) is 20.1. The van der Waals surface area contributed by atoms with Gasteiger partial charge < -0.3 is 9.30 Å². The van der Waals surface area contributed by atoms with Crippen molar-refractivity contribution in [1.82, 2.24) is 14.5 Å². The van der Waals surface area contributed by atoms with E-state index in [-0.39, 0.29) is 6.09 Å². The fourth-order valence-corrected chi connectivity index (χ4v) is 5.49. The van der Waals surface area contributed by atoms with Crippen molar-refractivity contribution in [3.05, 3.63) is 70.2 Å². The molecule has 2 aliphatic rings. The smallest absolute Gasteiger partial charge is 0.410 e. The van der Waals surface area contributed by atoms with E-state index in [1.54, 1.807) is 6.07 Å². The van der Waals surface area contributed by atoms with Gasteiger partial charge in [0, 0.05) is 17.6 Å². The second kappa shape index (κ2) is 8.01. The molecule has 0 unspecified atom stereocenters. The molecule has 0 radical (unpaired) electrons. The number of ether oxygens (including phenoxy) is 1. The second-order valence-electron chi connectivity index (χ2n) is 8.68. The highest BCUT2D eigenvalue weighted by atomic mass is 79.9. The van der Waals surface area contributed by atoms with Crippen molar-refractivity contribution >= 4 is 38.7 Å². The van der Waals surface area contributed by atoms with Crippen LogP contribution in [0.15, 0.2) is 53.3 Å². The number of amides is 1. The molecule has 2 atom stereocenters. The summed E-state index contributed by atoms with van der Waals surface area (Å²) in [5.74, 6) is 0.404. The molecule has 1 spiro atoms. The molecular weight excluding hydrogens is 456 g/mol. The summed E-state index contributed by atoms with van der Waals surface area (Å²) in [7, 11) is 0. The van der Waals surface area contributed by atoms with Gasteiger partial charge in [-0.25, -0.2) is 14.6 Å². The van der Waals surface area contributed by atoms with E-state index < -0.39 is 5.60 Å². The van der Waals surface area contributed by atoms with Crippen LogP contribution in [0.25, 0.3) is 15.9 Å². The number of benzene rings is 2. The Kier molecular flexibility index (Phi) is 5.19. The molecule has 2 aromatic carbocycles. The van der Waals surface area contributed by atoms with Gasteiger partial charge >= 0.3 is 6.09 Å². The number of nitrogens with zero attached hydrogens (tertiary/aromatic N) is 4. The van der Waals surface area contributed by atoms with Crippen LogP contribution in [0.1, 0.15) is 31.2 Å². The molecule has 2 fully saturated rings. The van der Waals surface area contributed by atoms with E-state index in [2.05, 4.69) is 30.3 Å². The van der Waals surface area contributed by atoms with Crippen LogP contribution in [0.5, 0.6) is 0 Å². The molecule has 5 rings (SSSR count). The number of carbonyl (C=O) groups excluding carboxylic acids is 1. The molecule has 3 aromatic rings. The summed E-state index contributed by atoms with van der Waals surface area (Å²) in [5.41, 5.74) is 3.22. The van der Waals surface area contributed by atoms with E-state index in [4.69, 9.17) is 11.3 Å². The molecule has 7 heteroatoms. The highest BCUT2D eigenvalue weighted by molar-refractivity contribution is 9.10. The first-order valence-electron chi connectivity index (χ1n) is 10.6. The zero-order chi connectivity index (χ0) is 21.4. The first-order valence-corrected chi connectivity index (χ1v) is 11.4. The van der Waals surface area contributed by atoms with Gasteiger partial charge in [-0.05, 0) is 61.4 Å². The number of fused-ring (bicyclic) bond motifs is 1. The summed E-state index contributed by atoms with van der Waals surface area (Å²) in [6, 6.07) is 13.7. The molecule has 6 nitrogen and oxygen atoms in total. The number of carbonyl (C=O) groups is 1. The van der Waals surface area contributed by atoms with E-state index in [1.807, 2.05) is 47.6 Å². The van der Waals surface area contributed by atoms with E-state index in [1.165, 1.54) is 0 Å². The van der Waals surface area contributed by atoms with Crippen LogP contribution in [0.4, 0.5) is 10.5 Å². The quantitative estimate of drug-likeness (QED) is 0.436. The Hall–Kier alpha value is -2.85. The summed E-state index contributed by atoms with van der Waals surface area (Å²) >= 11 is 3.50. The fraction of sp³-hybridized carbons (Fsp3) is 0.375. The lowest BCUT2D eigenvalue weighted by molar-refractivity contribution is 0.00415. The summed E-state index contributed by atoms with van der Waals surface area (Å²) < 4.78 is 9.14. The number of hydrogen-bond donors (Lipinski definition) is 0. The highest BCUT2D eigenvalue weighted by Crippen LogP contribution is 2.41. The van der Waals surface area contributed by atoms with Gasteiger partial charge in [-0.3, -0.25) is 4.90 Å². The van der Waals surface area contributed by atoms with Crippen molar-refractivity contribution in [2.75, 3.05) is 6.54 Å². The monoisotopic (exact) mass is 478 g/mol. The van der Waals surface area contributed by atoms with Crippen LogP contribution in [-0.4, -0.2) is 32.7 Å². The Morgan fingerprint density at radius 3 is 3.03 bits per heavy atom. The van der Waals surface area contributed by atoms with Crippen molar-refractivity contribution < 1.29 is 9.53 Å². The van der Waals surface area contributed by atoms with Crippen molar-refractivity contribution in [3.63, 3.8) is 0 Å². The zero-order valence-electron chi connectivity index (χ0n) is 17.1. The largest absolute Gasteiger partial charge is 0.441 e. The number of halogens is 1. The predicted molar refractivity (Wildman–Crippen MR) is 122 cm³/mol. The standard InChI is InChI=1S/C24H23BrN4O2/c1-26-20-7-8-21-22(11-20)29(16-27-21)14-18-5-3-9-24(12-18)15-28(23(30)31-24)13-17-4-2-6-19(25)10-17/h2,4,6-8,10-11,16,18H,3,5,9,12-15H2/t18-,24-/m0/s1. The predicted octanol–water partition coefficient (Wildman–Crippen LogP) is 5.93. The van der Waals surface area contributed by atoms with Gasteiger partial charge in [-0.2, -0.15) is 0 Å². The summed E-state index contributed by atoms with van der Waals surface area (Å²) in [6.07, 6.45) is 5.57. The summed E-state index contributed by atoms with van der Waals surface area (Å²) in [6.45, 7) is 9.30. The maximum atomic E-state index is 12.7. The first-order chi connectivity index (χ1) is 15.0. The fourth-order valence-electron chi connectivity index (χ4n) is 5.04. The van der Waals surface area contributed by atoms with Crippen LogP contribution in [-0.2, 0) is 17.8 Å². The number of rotatable bonds is 4. The normalized spacial score (nSPS) is 23.3. The number of aromatic nitrogens is 2. The van der Waals surface area contributed by atoms with Gasteiger partial charge in [0.15, 0.2) is 5.69 Å². The van der Waals surface area contributed by atoms with Crippen molar-refractivity contribution in [1.29, 1.82) is 0 Å². The molecule has 1 saturated carbocycles. The Labute approximate surface area is 189 Å². The third kappa shape index (κ3) is 4.05. The molecule has 1 aliphatic carbocycles. The average molecular weight is 479 g/mol. The molecule has 158 valence electrons. The van der Waals surface area contributed by atoms with Crippen LogP contribution in [0.3, 0.4) is 0 Å². The second-order valence-corrected chi connectivity index (χ2v) is 9.60. The van der Waals surface area contributed by atoms with E-state index in [0.29, 0.717) is 24.7 Å². The maximum absolute atomic E-state index is 12.7. The SMILES string of the molecule is [C-]#[N+]c1ccc2ncn(C[C@H]3CCC[C@]4(C3)CN(Cc3cccc(Br)c3)C(=O)O4)c2c1. The molecular formula is C24H23BrN4O2. The van der Waals surface area contributed by atoms with E-state index >= 15 is 0 Å². The molecule has 31 heavy (non-hydrogen) atoms. The molecule has 1 aromatic heterocycles.